The zero-order chi connectivity index (χ0) is 17.4. The summed E-state index contributed by atoms with van der Waals surface area (Å²) in [4.78, 5) is 13.3. The Morgan fingerprint density at radius 2 is 2.12 bits per heavy atom. The lowest BCUT2D eigenvalue weighted by molar-refractivity contribution is -0.109. The average molecular weight is 328 g/mol. The smallest absolute Gasteiger partial charge is 0.221 e. The predicted molar refractivity (Wildman–Crippen MR) is 94.7 cm³/mol. The minimum absolute atomic E-state index is 0.403. The van der Waals surface area contributed by atoms with E-state index in [-0.39, 0.29) is 0 Å². The molecule has 0 atom stereocenters. The van der Waals surface area contributed by atoms with E-state index in [1.165, 1.54) is 24.0 Å². The van der Waals surface area contributed by atoms with Gasteiger partial charge in [0.15, 0.2) is 0 Å². The standard InChI is InChI=1S/C17H20N2O.CH4N2O/c1-12-8-9-19-14(10-12)11-20-17-15(13-6-7-13)4-3-5-16(17)18-2;2-3-1-4/h3-5,8-10,13,18H,6-7,11H2,1-2H3;1H,2H2,(H,3,4). The Labute approximate surface area is 142 Å². The molecule has 0 saturated heterocycles. The number of nitrogens with zero attached hydrogens (tertiary/aromatic N) is 1. The molecule has 4 N–H and O–H groups in total. The molecule has 24 heavy (non-hydrogen) atoms. The highest BCUT2D eigenvalue weighted by Crippen LogP contribution is 2.46. The molecule has 1 saturated carbocycles. The maximum atomic E-state index is 8.94. The van der Waals surface area contributed by atoms with Gasteiger partial charge in [-0.1, -0.05) is 12.1 Å². The molecule has 0 spiro atoms. The first-order chi connectivity index (χ1) is 11.7. The molecule has 1 heterocycles. The van der Waals surface area contributed by atoms with Crippen LogP contribution in [0.4, 0.5) is 5.69 Å². The molecule has 1 aromatic heterocycles. The molecular weight excluding hydrogens is 304 g/mol. The first-order valence-electron chi connectivity index (χ1n) is 7.94. The monoisotopic (exact) mass is 328 g/mol. The highest BCUT2D eigenvalue weighted by Gasteiger charge is 2.27. The van der Waals surface area contributed by atoms with Crippen molar-refractivity contribution >= 4 is 12.1 Å². The molecule has 1 aliphatic carbocycles. The van der Waals surface area contributed by atoms with Gasteiger partial charge in [0.25, 0.3) is 0 Å². The van der Waals surface area contributed by atoms with Crippen molar-refractivity contribution in [2.45, 2.75) is 32.3 Å². The van der Waals surface area contributed by atoms with Crippen LogP contribution in [-0.4, -0.2) is 18.4 Å². The lowest BCUT2D eigenvalue weighted by Crippen LogP contribution is -2.18. The Hall–Kier alpha value is -2.60. The third-order valence-corrected chi connectivity index (χ3v) is 3.74. The first-order valence-corrected chi connectivity index (χ1v) is 7.94. The summed E-state index contributed by atoms with van der Waals surface area (Å²) in [7, 11) is 1.93. The molecule has 6 nitrogen and oxygen atoms in total. The number of hydrogen-bond donors (Lipinski definition) is 3. The van der Waals surface area contributed by atoms with Gasteiger partial charge in [-0.15, -0.1) is 0 Å². The molecule has 6 heteroatoms. The van der Waals surface area contributed by atoms with Gasteiger partial charge in [-0.3, -0.25) is 15.2 Å². The zero-order valence-corrected chi connectivity index (χ0v) is 14.1. The van der Waals surface area contributed by atoms with Crippen LogP contribution in [0.15, 0.2) is 36.5 Å². The SMILES string of the molecule is CNc1cccc(C2CC2)c1OCc1cc(C)ccn1.NNC=O. The van der Waals surface area contributed by atoms with E-state index in [2.05, 4.69) is 47.3 Å². The van der Waals surface area contributed by atoms with E-state index >= 15 is 0 Å². The summed E-state index contributed by atoms with van der Waals surface area (Å²) in [6, 6.07) is 10.4. The predicted octanol–water partition coefficient (Wildman–Crippen LogP) is 2.49. The number of carbonyl (C=O) groups is 1. The first kappa shape index (κ1) is 17.7. The van der Waals surface area contributed by atoms with Gasteiger partial charge in [0.2, 0.25) is 6.41 Å². The number of benzene rings is 1. The minimum atomic E-state index is 0.403. The third kappa shape index (κ3) is 4.96. The van der Waals surface area contributed by atoms with Crippen molar-refractivity contribution < 1.29 is 9.53 Å². The van der Waals surface area contributed by atoms with Crippen LogP contribution in [0.5, 0.6) is 5.75 Å². The molecule has 0 aliphatic heterocycles. The summed E-state index contributed by atoms with van der Waals surface area (Å²) in [6.45, 7) is 2.59. The number of carbonyl (C=O) groups excluding carboxylic acids is 1. The van der Waals surface area contributed by atoms with E-state index in [1.54, 1.807) is 5.43 Å². The third-order valence-electron chi connectivity index (χ3n) is 3.74. The average Bonchev–Trinajstić information content (AvgIpc) is 3.45. The lowest BCUT2D eigenvalue weighted by atomic mass is 10.1. The number of nitrogens with one attached hydrogen (secondary N) is 2. The van der Waals surface area contributed by atoms with Crippen molar-refractivity contribution in [2.75, 3.05) is 12.4 Å². The fourth-order valence-electron chi connectivity index (χ4n) is 2.45. The van der Waals surface area contributed by atoms with Gasteiger partial charge in [0, 0.05) is 13.2 Å². The van der Waals surface area contributed by atoms with E-state index in [1.807, 2.05) is 19.3 Å². The summed E-state index contributed by atoms with van der Waals surface area (Å²) in [5, 5.41) is 3.22. The van der Waals surface area contributed by atoms with Crippen molar-refractivity contribution in [1.29, 1.82) is 0 Å². The molecule has 1 amide bonds. The highest BCUT2D eigenvalue weighted by atomic mass is 16.5. The molecular formula is C18H24N4O2. The Morgan fingerprint density at radius 3 is 2.71 bits per heavy atom. The molecule has 128 valence electrons. The van der Waals surface area contributed by atoms with Crippen molar-refractivity contribution in [3.05, 3.63) is 53.3 Å². The molecule has 2 aromatic rings. The van der Waals surface area contributed by atoms with Crippen LogP contribution in [0.3, 0.4) is 0 Å². The van der Waals surface area contributed by atoms with Gasteiger partial charge in [0.05, 0.1) is 11.4 Å². The Kier molecular flexibility index (Phi) is 6.57. The number of aromatic nitrogens is 1. The fourth-order valence-corrected chi connectivity index (χ4v) is 2.45. The van der Waals surface area contributed by atoms with Gasteiger partial charge >= 0.3 is 0 Å². The number of hydrogen-bond acceptors (Lipinski definition) is 5. The highest BCUT2D eigenvalue weighted by molar-refractivity contribution is 5.61. The summed E-state index contributed by atoms with van der Waals surface area (Å²) < 4.78 is 6.08. The lowest BCUT2D eigenvalue weighted by Gasteiger charge is -2.15. The van der Waals surface area contributed by atoms with Crippen molar-refractivity contribution in [2.24, 2.45) is 5.84 Å². The van der Waals surface area contributed by atoms with Crippen LogP contribution in [0, 0.1) is 6.92 Å². The Balaban J connectivity index is 0.000000471. The summed E-state index contributed by atoms with van der Waals surface area (Å²) in [5.74, 6) is 6.07. The van der Waals surface area contributed by atoms with Gasteiger partial charge in [-0.25, -0.2) is 5.84 Å². The maximum absolute atomic E-state index is 8.94. The molecule has 0 unspecified atom stereocenters. The Bertz CT molecular complexity index is 672. The second-order valence-corrected chi connectivity index (χ2v) is 5.65. The van der Waals surface area contributed by atoms with Gasteiger partial charge in [-0.05, 0) is 55.0 Å². The van der Waals surface area contributed by atoms with Crippen LogP contribution >= 0.6 is 0 Å². The number of aryl methyl sites for hydroxylation is 1. The second kappa shape index (κ2) is 8.88. The molecule has 1 fully saturated rings. The summed E-state index contributed by atoms with van der Waals surface area (Å²) in [5.41, 5.74) is 6.31. The van der Waals surface area contributed by atoms with Crippen LogP contribution in [0.25, 0.3) is 0 Å². The van der Waals surface area contributed by atoms with Gasteiger partial charge < -0.3 is 10.1 Å². The molecule has 3 rings (SSSR count). The topological polar surface area (TPSA) is 89.3 Å². The summed E-state index contributed by atoms with van der Waals surface area (Å²) >= 11 is 0. The van der Waals surface area contributed by atoms with Gasteiger partial charge in [0.1, 0.15) is 12.4 Å². The van der Waals surface area contributed by atoms with Crippen LogP contribution < -0.4 is 21.3 Å². The number of hydrazine groups is 1. The van der Waals surface area contributed by atoms with Crippen molar-refractivity contribution in [3.8, 4) is 5.75 Å². The fraction of sp³-hybridized carbons (Fsp3) is 0.333. The number of para-hydroxylation sites is 1. The van der Waals surface area contributed by atoms with Crippen LogP contribution in [0.1, 0.15) is 35.6 Å². The second-order valence-electron chi connectivity index (χ2n) is 5.65. The number of amides is 1. The molecule has 1 aromatic carbocycles. The van der Waals surface area contributed by atoms with Crippen molar-refractivity contribution in [3.63, 3.8) is 0 Å². The Morgan fingerprint density at radius 1 is 1.38 bits per heavy atom. The number of ether oxygens (including phenoxy) is 1. The number of anilines is 1. The van der Waals surface area contributed by atoms with Crippen LogP contribution in [0.2, 0.25) is 0 Å². The largest absolute Gasteiger partial charge is 0.485 e. The molecule has 1 aliphatic rings. The van der Waals surface area contributed by atoms with E-state index in [0.29, 0.717) is 18.9 Å². The van der Waals surface area contributed by atoms with E-state index < -0.39 is 0 Å². The van der Waals surface area contributed by atoms with E-state index in [0.717, 1.165) is 17.1 Å². The number of pyridine rings is 1. The quantitative estimate of drug-likeness (QED) is 0.328. The van der Waals surface area contributed by atoms with Crippen molar-refractivity contribution in [1.82, 2.24) is 10.4 Å². The minimum Gasteiger partial charge on any atom is -0.485 e. The van der Waals surface area contributed by atoms with Crippen LogP contribution in [-0.2, 0) is 11.4 Å². The zero-order valence-electron chi connectivity index (χ0n) is 14.1. The normalized spacial score (nSPS) is 12.6. The molecule has 0 radical (unpaired) electrons. The maximum Gasteiger partial charge on any atom is 0.221 e. The van der Waals surface area contributed by atoms with E-state index in [4.69, 9.17) is 9.53 Å². The molecule has 0 bridgehead atoms. The number of rotatable bonds is 6. The van der Waals surface area contributed by atoms with E-state index in [9.17, 15) is 0 Å². The number of nitrogens with two attached hydrogens (primary N) is 1. The summed E-state index contributed by atoms with van der Waals surface area (Å²) in [6.07, 6.45) is 4.78. The van der Waals surface area contributed by atoms with Gasteiger partial charge in [-0.2, -0.15) is 0 Å².